The summed E-state index contributed by atoms with van der Waals surface area (Å²) in [4.78, 5) is 11.6. The van der Waals surface area contributed by atoms with E-state index in [0.717, 1.165) is 12.0 Å². The first-order valence-electron chi connectivity index (χ1n) is 6.17. The smallest absolute Gasteiger partial charge is 0.412 e. The van der Waals surface area contributed by atoms with Crippen LogP contribution in [0.25, 0.3) is 0 Å². The van der Waals surface area contributed by atoms with E-state index in [4.69, 9.17) is 10.5 Å². The van der Waals surface area contributed by atoms with Gasteiger partial charge in [-0.1, -0.05) is 19.1 Å². The predicted octanol–water partition coefficient (Wildman–Crippen LogP) is 3.44. The quantitative estimate of drug-likeness (QED) is 0.863. The molecular formula is C14H22N2O2. The highest BCUT2D eigenvalue weighted by molar-refractivity contribution is 5.84. The summed E-state index contributed by atoms with van der Waals surface area (Å²) in [5, 5.41) is 2.70. The number of carbonyl (C=O) groups excluding carboxylic acids is 1. The Kier molecular flexibility index (Phi) is 4.73. The first-order chi connectivity index (χ1) is 8.31. The molecule has 0 heterocycles. The van der Waals surface area contributed by atoms with Gasteiger partial charge in [0.25, 0.3) is 0 Å². The van der Waals surface area contributed by atoms with Crippen LogP contribution in [0.4, 0.5) is 10.5 Å². The topological polar surface area (TPSA) is 64.3 Å². The van der Waals surface area contributed by atoms with Crippen molar-refractivity contribution < 1.29 is 9.53 Å². The second-order valence-electron chi connectivity index (χ2n) is 5.27. The molecule has 0 aliphatic rings. The summed E-state index contributed by atoms with van der Waals surface area (Å²) in [7, 11) is 0. The minimum absolute atomic E-state index is 0.00890. The molecule has 1 unspecified atom stereocenters. The van der Waals surface area contributed by atoms with Crippen molar-refractivity contribution in [3.8, 4) is 0 Å². The first kappa shape index (κ1) is 14.5. The number of anilines is 1. The zero-order chi connectivity index (χ0) is 13.8. The molecule has 0 aromatic heterocycles. The molecule has 0 aliphatic carbocycles. The molecule has 1 rings (SSSR count). The molecular weight excluding hydrogens is 228 g/mol. The number of hydrogen-bond acceptors (Lipinski definition) is 3. The zero-order valence-corrected chi connectivity index (χ0v) is 11.5. The lowest BCUT2D eigenvalue weighted by Crippen LogP contribution is -2.27. The van der Waals surface area contributed by atoms with Crippen molar-refractivity contribution >= 4 is 11.8 Å². The van der Waals surface area contributed by atoms with Crippen molar-refractivity contribution in [2.45, 2.75) is 45.8 Å². The van der Waals surface area contributed by atoms with Crippen molar-refractivity contribution in [2.75, 3.05) is 5.32 Å². The van der Waals surface area contributed by atoms with Gasteiger partial charge in [0.15, 0.2) is 0 Å². The minimum atomic E-state index is -0.498. The average molecular weight is 250 g/mol. The summed E-state index contributed by atoms with van der Waals surface area (Å²) in [5.74, 6) is 0. The van der Waals surface area contributed by atoms with E-state index < -0.39 is 11.7 Å². The summed E-state index contributed by atoms with van der Waals surface area (Å²) in [5.41, 5.74) is 7.16. The third-order valence-electron chi connectivity index (χ3n) is 2.40. The number of ether oxygens (including phenoxy) is 1. The van der Waals surface area contributed by atoms with Crippen molar-refractivity contribution in [3.05, 3.63) is 29.8 Å². The second-order valence-corrected chi connectivity index (χ2v) is 5.27. The molecule has 0 saturated heterocycles. The van der Waals surface area contributed by atoms with Crippen LogP contribution in [0.2, 0.25) is 0 Å². The van der Waals surface area contributed by atoms with E-state index in [9.17, 15) is 4.79 Å². The Balaban J connectivity index is 2.71. The van der Waals surface area contributed by atoms with Crippen LogP contribution in [-0.2, 0) is 4.74 Å². The molecule has 0 radical (unpaired) electrons. The second kappa shape index (κ2) is 5.87. The van der Waals surface area contributed by atoms with Crippen LogP contribution < -0.4 is 11.1 Å². The van der Waals surface area contributed by atoms with Gasteiger partial charge < -0.3 is 10.5 Å². The lowest BCUT2D eigenvalue weighted by molar-refractivity contribution is 0.0636. The molecule has 0 aliphatic heterocycles. The maximum atomic E-state index is 11.6. The van der Waals surface area contributed by atoms with Gasteiger partial charge in [0.1, 0.15) is 5.60 Å². The van der Waals surface area contributed by atoms with Gasteiger partial charge >= 0.3 is 6.09 Å². The Bertz CT molecular complexity index is 411. The SMILES string of the molecule is CCC(N)c1cccc(NC(=O)OC(C)(C)C)c1. The van der Waals surface area contributed by atoms with Crippen LogP contribution >= 0.6 is 0 Å². The Morgan fingerprint density at radius 2 is 2.11 bits per heavy atom. The van der Waals surface area contributed by atoms with Gasteiger partial charge in [-0.3, -0.25) is 5.32 Å². The fraction of sp³-hybridized carbons (Fsp3) is 0.500. The van der Waals surface area contributed by atoms with Crippen LogP contribution in [0.1, 0.15) is 45.7 Å². The minimum Gasteiger partial charge on any atom is -0.444 e. The van der Waals surface area contributed by atoms with Gasteiger partial charge in [0.05, 0.1) is 0 Å². The number of amides is 1. The van der Waals surface area contributed by atoms with E-state index in [2.05, 4.69) is 5.32 Å². The molecule has 1 aromatic carbocycles. The monoisotopic (exact) mass is 250 g/mol. The molecule has 0 saturated carbocycles. The molecule has 0 fully saturated rings. The first-order valence-corrected chi connectivity index (χ1v) is 6.17. The van der Waals surface area contributed by atoms with Crippen molar-refractivity contribution in [2.24, 2.45) is 5.73 Å². The van der Waals surface area contributed by atoms with Gasteiger partial charge in [-0.2, -0.15) is 0 Å². The van der Waals surface area contributed by atoms with Crippen molar-refractivity contribution in [1.82, 2.24) is 0 Å². The van der Waals surface area contributed by atoms with Crippen LogP contribution in [0, 0.1) is 0 Å². The van der Waals surface area contributed by atoms with Crippen LogP contribution in [0.5, 0.6) is 0 Å². The van der Waals surface area contributed by atoms with Gasteiger partial charge in [-0.05, 0) is 44.9 Å². The molecule has 4 nitrogen and oxygen atoms in total. The number of rotatable bonds is 3. The highest BCUT2D eigenvalue weighted by atomic mass is 16.6. The summed E-state index contributed by atoms with van der Waals surface area (Å²) in [6.45, 7) is 7.51. The van der Waals surface area contributed by atoms with E-state index >= 15 is 0 Å². The number of carbonyl (C=O) groups is 1. The third kappa shape index (κ3) is 4.75. The van der Waals surface area contributed by atoms with Gasteiger partial charge in [0.2, 0.25) is 0 Å². The highest BCUT2D eigenvalue weighted by Crippen LogP contribution is 2.18. The predicted molar refractivity (Wildman–Crippen MR) is 73.5 cm³/mol. The van der Waals surface area contributed by atoms with E-state index in [1.807, 2.05) is 52.0 Å². The molecule has 0 spiro atoms. The third-order valence-corrected chi connectivity index (χ3v) is 2.40. The Labute approximate surface area is 109 Å². The van der Waals surface area contributed by atoms with Gasteiger partial charge in [-0.15, -0.1) is 0 Å². The lowest BCUT2D eigenvalue weighted by Gasteiger charge is -2.20. The molecule has 1 aromatic rings. The number of hydrogen-bond donors (Lipinski definition) is 2. The summed E-state index contributed by atoms with van der Waals surface area (Å²) >= 11 is 0. The summed E-state index contributed by atoms with van der Waals surface area (Å²) in [6.07, 6.45) is 0.403. The van der Waals surface area contributed by atoms with E-state index in [1.165, 1.54) is 0 Å². The van der Waals surface area contributed by atoms with E-state index in [-0.39, 0.29) is 6.04 Å². The molecule has 100 valence electrons. The number of nitrogens with one attached hydrogen (secondary N) is 1. The zero-order valence-electron chi connectivity index (χ0n) is 11.5. The van der Waals surface area contributed by atoms with Crippen LogP contribution in [0.3, 0.4) is 0 Å². The van der Waals surface area contributed by atoms with Crippen LogP contribution in [-0.4, -0.2) is 11.7 Å². The van der Waals surface area contributed by atoms with Crippen LogP contribution in [0.15, 0.2) is 24.3 Å². The molecule has 18 heavy (non-hydrogen) atoms. The van der Waals surface area contributed by atoms with Crippen molar-refractivity contribution in [3.63, 3.8) is 0 Å². The Morgan fingerprint density at radius 1 is 1.44 bits per heavy atom. The largest absolute Gasteiger partial charge is 0.444 e. The Morgan fingerprint density at radius 3 is 2.67 bits per heavy atom. The fourth-order valence-corrected chi connectivity index (χ4v) is 1.50. The average Bonchev–Trinajstić information content (AvgIpc) is 2.25. The highest BCUT2D eigenvalue weighted by Gasteiger charge is 2.16. The molecule has 0 bridgehead atoms. The van der Waals surface area contributed by atoms with Gasteiger partial charge in [0, 0.05) is 11.7 Å². The lowest BCUT2D eigenvalue weighted by atomic mass is 10.1. The van der Waals surface area contributed by atoms with Crippen molar-refractivity contribution in [1.29, 1.82) is 0 Å². The number of benzene rings is 1. The molecule has 1 amide bonds. The maximum Gasteiger partial charge on any atom is 0.412 e. The van der Waals surface area contributed by atoms with E-state index in [1.54, 1.807) is 0 Å². The standard InChI is InChI=1S/C14H22N2O2/c1-5-12(15)10-7-6-8-11(9-10)16-13(17)18-14(2,3)4/h6-9,12H,5,15H2,1-4H3,(H,16,17). The Hall–Kier alpha value is -1.55. The molecule has 1 atom stereocenters. The van der Waals surface area contributed by atoms with E-state index in [0.29, 0.717) is 5.69 Å². The van der Waals surface area contributed by atoms with Gasteiger partial charge in [-0.25, -0.2) is 4.79 Å². The molecule has 4 heteroatoms. The molecule has 3 N–H and O–H groups in total. The summed E-state index contributed by atoms with van der Waals surface area (Å²) < 4.78 is 5.19. The number of nitrogens with two attached hydrogens (primary N) is 1. The normalized spacial score (nSPS) is 12.9. The maximum absolute atomic E-state index is 11.6. The fourth-order valence-electron chi connectivity index (χ4n) is 1.50. The summed E-state index contributed by atoms with van der Waals surface area (Å²) in [6, 6.07) is 7.50.